The summed E-state index contributed by atoms with van der Waals surface area (Å²) in [5.74, 6) is -3.07. The molecule has 0 radical (unpaired) electrons. The highest BCUT2D eigenvalue weighted by Crippen LogP contribution is 2.42. The van der Waals surface area contributed by atoms with Gasteiger partial charge in [0.2, 0.25) is 11.8 Å². The monoisotopic (exact) mass is 771 g/mol. The molecule has 3 atom stereocenters. The molecule has 2 aromatic carbocycles. The molecule has 4 aliphatic rings. The van der Waals surface area contributed by atoms with Crippen LogP contribution in [-0.2, 0) is 16.6 Å². The van der Waals surface area contributed by atoms with Crippen LogP contribution in [0.25, 0.3) is 32.0 Å². The number of anilines is 3. The third-order valence-electron chi connectivity index (χ3n) is 12.1. The number of rotatable bonds is 5. The van der Waals surface area contributed by atoms with Crippen molar-refractivity contribution < 1.29 is 23.2 Å². The number of aromatic nitrogens is 3. The number of benzene rings is 2. The number of fused-ring (bicyclic) bond motifs is 6. The molecule has 1 unspecified atom stereocenters. The van der Waals surface area contributed by atoms with Crippen LogP contribution in [0.4, 0.5) is 26.0 Å². The number of pyridine rings is 1. The Balaban J connectivity index is 0.868. The first-order valence-corrected chi connectivity index (χ1v) is 19.7. The normalized spacial score (nSPS) is 23.6. The second kappa shape index (κ2) is 13.3. The van der Waals surface area contributed by atoms with Crippen molar-refractivity contribution in [2.45, 2.75) is 69.1 Å². The molecule has 3 amide bonds. The van der Waals surface area contributed by atoms with Crippen LogP contribution in [-0.4, -0.2) is 101 Å². The molecule has 4 aliphatic heterocycles. The van der Waals surface area contributed by atoms with E-state index >= 15 is 8.78 Å². The lowest BCUT2D eigenvalue weighted by Crippen LogP contribution is -2.60. The van der Waals surface area contributed by atoms with Gasteiger partial charge in [-0.3, -0.25) is 33.7 Å². The van der Waals surface area contributed by atoms with E-state index in [0.29, 0.717) is 47.8 Å². The van der Waals surface area contributed by atoms with E-state index in [0.717, 1.165) is 45.3 Å². The number of amides is 3. The maximum absolute atomic E-state index is 16.1. The Kier molecular flexibility index (Phi) is 8.60. The Morgan fingerprint density at radius 3 is 2.49 bits per heavy atom. The number of hydrogen-bond donors (Lipinski definition) is 3. The van der Waals surface area contributed by atoms with E-state index in [-0.39, 0.29) is 43.2 Å². The molecule has 13 nitrogen and oxygen atoms in total. The van der Waals surface area contributed by atoms with Gasteiger partial charge in [-0.05, 0) is 82.1 Å². The van der Waals surface area contributed by atoms with Crippen molar-refractivity contribution in [3.05, 3.63) is 57.8 Å². The number of imidazole rings is 1. The summed E-state index contributed by atoms with van der Waals surface area (Å²) in [6.07, 6.45) is 2.10. The van der Waals surface area contributed by atoms with E-state index < -0.39 is 36.1 Å². The molecular formula is C39H43F2N9O4S. The number of piperidine rings is 3. The lowest BCUT2D eigenvalue weighted by molar-refractivity contribution is -0.135. The van der Waals surface area contributed by atoms with Gasteiger partial charge in [-0.15, -0.1) is 11.3 Å². The van der Waals surface area contributed by atoms with Crippen molar-refractivity contribution in [2.24, 2.45) is 7.05 Å². The first kappa shape index (κ1) is 35.6. The van der Waals surface area contributed by atoms with Crippen LogP contribution in [0.2, 0.25) is 0 Å². The molecule has 16 heteroatoms. The zero-order chi connectivity index (χ0) is 38.3. The molecule has 0 saturated carbocycles. The Labute approximate surface area is 319 Å². The standard InChI is InChI=1S/C39H43F2N9O4S/c1-21-19-42-34-33-24-5-10-31(44-25(24)6-9-29(33)55-35(34)37(53)43-21)48-15-12-22(13-16-48)46(2)30-14-17-49(20-39(30,40)41)23-4-7-26-28(18-23)47(3)38(54)50(26)27-8-11-32(51)45-36(27)52/h4-7,9-10,18,21-22,27,30,42H,8,11-17,19-20H2,1-3H3,(H,43,53)(H,45,51,52)/t21-,27?,30-/m1/s1. The van der Waals surface area contributed by atoms with Gasteiger partial charge in [0.1, 0.15) is 16.7 Å². The predicted molar refractivity (Wildman–Crippen MR) is 210 cm³/mol. The summed E-state index contributed by atoms with van der Waals surface area (Å²) in [6, 6.07) is 11.6. The number of halogens is 2. The number of carbonyl (C=O) groups is 3. The minimum absolute atomic E-state index is 0.00227. The van der Waals surface area contributed by atoms with Gasteiger partial charge in [-0.2, -0.15) is 0 Å². The quantitative estimate of drug-likeness (QED) is 0.222. The fourth-order valence-corrected chi connectivity index (χ4v) is 10.2. The van der Waals surface area contributed by atoms with E-state index in [4.69, 9.17) is 4.98 Å². The zero-order valence-electron chi connectivity index (χ0n) is 30.9. The summed E-state index contributed by atoms with van der Waals surface area (Å²) >= 11 is 1.49. The number of nitrogens with one attached hydrogen (secondary N) is 3. The van der Waals surface area contributed by atoms with Gasteiger partial charge in [-0.1, -0.05) is 0 Å². The minimum Gasteiger partial charge on any atom is -0.381 e. The van der Waals surface area contributed by atoms with E-state index in [2.05, 4.69) is 26.9 Å². The van der Waals surface area contributed by atoms with Crippen molar-refractivity contribution >= 4 is 78.3 Å². The topological polar surface area (TPSA) is 137 Å². The van der Waals surface area contributed by atoms with Crippen molar-refractivity contribution in [1.29, 1.82) is 0 Å². The maximum Gasteiger partial charge on any atom is 0.329 e. The third kappa shape index (κ3) is 6.00. The fourth-order valence-electron chi connectivity index (χ4n) is 9.08. The van der Waals surface area contributed by atoms with Crippen LogP contribution >= 0.6 is 11.3 Å². The van der Waals surface area contributed by atoms with Crippen molar-refractivity contribution in [3.8, 4) is 0 Å². The molecule has 3 aromatic heterocycles. The molecule has 0 aliphatic carbocycles. The van der Waals surface area contributed by atoms with Crippen molar-refractivity contribution in [2.75, 3.05) is 54.9 Å². The van der Waals surface area contributed by atoms with Crippen LogP contribution in [0.5, 0.6) is 0 Å². The predicted octanol–water partition coefficient (Wildman–Crippen LogP) is 4.44. The maximum atomic E-state index is 16.1. The summed E-state index contributed by atoms with van der Waals surface area (Å²) in [6.45, 7) is 4.00. The second-order valence-electron chi connectivity index (χ2n) is 15.5. The molecule has 0 bridgehead atoms. The highest BCUT2D eigenvalue weighted by molar-refractivity contribution is 7.21. The smallest absolute Gasteiger partial charge is 0.329 e. The van der Waals surface area contributed by atoms with Crippen molar-refractivity contribution in [1.82, 2.24) is 29.7 Å². The van der Waals surface area contributed by atoms with E-state index in [1.165, 1.54) is 20.5 Å². The molecule has 3 saturated heterocycles. The number of aryl methyl sites for hydroxylation is 1. The van der Waals surface area contributed by atoms with Gasteiger partial charge in [0.25, 0.3) is 11.8 Å². The molecule has 9 rings (SSSR count). The molecule has 7 heterocycles. The third-order valence-corrected chi connectivity index (χ3v) is 13.2. The molecule has 55 heavy (non-hydrogen) atoms. The number of thiophene rings is 1. The fraction of sp³-hybridized carbons (Fsp3) is 0.462. The van der Waals surface area contributed by atoms with Gasteiger partial charge in [-0.25, -0.2) is 18.6 Å². The molecule has 0 spiro atoms. The molecular weight excluding hydrogens is 729 g/mol. The molecule has 3 N–H and O–H groups in total. The second-order valence-corrected chi connectivity index (χ2v) is 16.5. The van der Waals surface area contributed by atoms with E-state index in [1.54, 1.807) is 30.1 Å². The average Bonchev–Trinajstić information content (AvgIpc) is 3.62. The van der Waals surface area contributed by atoms with Crippen LogP contribution < -0.4 is 31.4 Å². The summed E-state index contributed by atoms with van der Waals surface area (Å²) in [4.78, 5) is 61.9. The lowest BCUT2D eigenvalue weighted by Gasteiger charge is -2.47. The lowest BCUT2D eigenvalue weighted by atomic mass is 9.94. The van der Waals surface area contributed by atoms with Gasteiger partial charge in [0.05, 0.1) is 34.8 Å². The number of hydrogen-bond acceptors (Lipinski definition) is 10. The highest BCUT2D eigenvalue weighted by Gasteiger charge is 2.48. The Morgan fingerprint density at radius 2 is 1.73 bits per heavy atom. The molecule has 288 valence electrons. The van der Waals surface area contributed by atoms with Crippen LogP contribution in [0.3, 0.4) is 0 Å². The first-order valence-electron chi connectivity index (χ1n) is 18.9. The van der Waals surface area contributed by atoms with Gasteiger partial charge >= 0.3 is 5.69 Å². The van der Waals surface area contributed by atoms with Gasteiger partial charge in [0.15, 0.2) is 0 Å². The van der Waals surface area contributed by atoms with Gasteiger partial charge in [0, 0.05) is 72.9 Å². The molecule has 3 fully saturated rings. The average molecular weight is 772 g/mol. The van der Waals surface area contributed by atoms with Crippen LogP contribution in [0, 0.1) is 0 Å². The number of imide groups is 1. The van der Waals surface area contributed by atoms with E-state index in [9.17, 15) is 19.2 Å². The van der Waals surface area contributed by atoms with Crippen LogP contribution in [0.1, 0.15) is 54.7 Å². The minimum atomic E-state index is -2.98. The van der Waals surface area contributed by atoms with Crippen LogP contribution in [0.15, 0.2) is 47.3 Å². The first-order chi connectivity index (χ1) is 26.4. The number of nitrogens with zero attached hydrogens (tertiary/aromatic N) is 6. The van der Waals surface area contributed by atoms with E-state index in [1.807, 2.05) is 37.1 Å². The summed E-state index contributed by atoms with van der Waals surface area (Å²) in [7, 11) is 3.43. The molecule has 5 aromatic rings. The van der Waals surface area contributed by atoms with Crippen molar-refractivity contribution in [3.63, 3.8) is 0 Å². The number of alkyl halides is 2. The number of carbonyl (C=O) groups excluding carboxylic acids is 3. The largest absolute Gasteiger partial charge is 0.381 e. The summed E-state index contributed by atoms with van der Waals surface area (Å²) in [5.41, 5.74) is 2.97. The Hall–Kier alpha value is -5.09. The zero-order valence-corrected chi connectivity index (χ0v) is 31.7. The summed E-state index contributed by atoms with van der Waals surface area (Å²) in [5, 5.41) is 10.8. The van der Waals surface area contributed by atoms with Gasteiger partial charge < -0.3 is 20.4 Å². The Bertz CT molecular complexity index is 2450. The highest BCUT2D eigenvalue weighted by atomic mass is 32.1. The Morgan fingerprint density at radius 1 is 0.945 bits per heavy atom. The summed E-state index contributed by atoms with van der Waals surface area (Å²) < 4.78 is 36.0. The SMILES string of the molecule is C[C@@H]1CNc2c(sc3ccc4nc(N5CCC(N(C)[C@@H]6CCN(c7ccc8c(c7)n(C)c(=O)n8C7CCC(=O)NC7=O)CC6(F)F)CC5)ccc4c23)C(=O)N1.